The van der Waals surface area contributed by atoms with Crippen LogP contribution in [0.15, 0.2) is 42.5 Å². The van der Waals surface area contributed by atoms with E-state index in [9.17, 15) is 4.79 Å². The zero-order valence-corrected chi connectivity index (χ0v) is 16.3. The summed E-state index contributed by atoms with van der Waals surface area (Å²) < 4.78 is 5.70. The molecule has 0 radical (unpaired) electrons. The zero-order valence-electron chi connectivity index (χ0n) is 15.5. The van der Waals surface area contributed by atoms with Crippen molar-refractivity contribution >= 4 is 29.7 Å². The normalized spacial score (nSPS) is 19.0. The Kier molecular flexibility index (Phi) is 5.80. The third-order valence-corrected chi connectivity index (χ3v) is 5.44. The third-order valence-electron chi connectivity index (χ3n) is 5.44. The summed E-state index contributed by atoms with van der Waals surface area (Å²) in [7, 11) is 0. The van der Waals surface area contributed by atoms with Gasteiger partial charge < -0.3 is 20.7 Å². The second-order valence-corrected chi connectivity index (χ2v) is 7.05. The minimum absolute atomic E-state index is 0. The van der Waals surface area contributed by atoms with Crippen LogP contribution in [-0.4, -0.2) is 25.1 Å². The van der Waals surface area contributed by atoms with Gasteiger partial charge in [-0.25, -0.2) is 0 Å². The van der Waals surface area contributed by atoms with Gasteiger partial charge in [-0.3, -0.25) is 4.79 Å². The highest BCUT2D eigenvalue weighted by atomic mass is 35.5. The SMILES string of the molecule is CC(C(=O)NC1CCOc2ccccc21)N1CCCc2c(N)cccc21.Cl. The number of hydrogen-bond donors (Lipinski definition) is 2. The predicted octanol–water partition coefficient (Wildman–Crippen LogP) is 3.47. The van der Waals surface area contributed by atoms with E-state index in [0.717, 1.165) is 54.1 Å². The van der Waals surface area contributed by atoms with Crippen molar-refractivity contribution in [2.75, 3.05) is 23.8 Å². The number of nitrogens with two attached hydrogens (primary N) is 1. The standard InChI is InChI=1S/C21H25N3O2.ClH/c1-14(24-12-5-7-15-17(22)8-4-9-19(15)24)21(25)23-18-11-13-26-20-10-3-2-6-16(18)20;/h2-4,6,8-10,14,18H,5,7,11-13,22H2,1H3,(H,23,25);1H. The van der Waals surface area contributed by atoms with E-state index >= 15 is 0 Å². The average Bonchev–Trinajstić information content (AvgIpc) is 2.67. The van der Waals surface area contributed by atoms with E-state index in [1.54, 1.807) is 0 Å². The van der Waals surface area contributed by atoms with Gasteiger partial charge in [-0.2, -0.15) is 0 Å². The fraction of sp³-hybridized carbons (Fsp3) is 0.381. The Morgan fingerprint density at radius 1 is 1.26 bits per heavy atom. The van der Waals surface area contributed by atoms with Crippen LogP contribution in [0.2, 0.25) is 0 Å². The number of fused-ring (bicyclic) bond motifs is 2. The highest BCUT2D eigenvalue weighted by molar-refractivity contribution is 5.86. The Morgan fingerprint density at radius 2 is 2.07 bits per heavy atom. The smallest absolute Gasteiger partial charge is 0.242 e. The molecule has 3 N–H and O–H groups in total. The number of ether oxygens (including phenoxy) is 1. The molecule has 6 heteroatoms. The lowest BCUT2D eigenvalue weighted by atomic mass is 9.97. The number of carbonyl (C=O) groups excluding carboxylic acids is 1. The number of nitrogen functional groups attached to an aromatic ring is 1. The minimum Gasteiger partial charge on any atom is -0.493 e. The van der Waals surface area contributed by atoms with Crippen LogP contribution in [0, 0.1) is 0 Å². The lowest BCUT2D eigenvalue weighted by Gasteiger charge is -2.37. The summed E-state index contributed by atoms with van der Waals surface area (Å²) in [5.74, 6) is 0.912. The van der Waals surface area contributed by atoms with Crippen LogP contribution >= 0.6 is 12.4 Å². The molecule has 0 fully saturated rings. The van der Waals surface area contributed by atoms with Gasteiger partial charge in [0, 0.05) is 29.9 Å². The molecule has 27 heavy (non-hydrogen) atoms. The number of carbonyl (C=O) groups is 1. The van der Waals surface area contributed by atoms with Crippen molar-refractivity contribution in [3.05, 3.63) is 53.6 Å². The topological polar surface area (TPSA) is 67.6 Å². The van der Waals surface area contributed by atoms with E-state index in [1.807, 2.05) is 43.3 Å². The van der Waals surface area contributed by atoms with Crippen LogP contribution in [0.1, 0.15) is 36.9 Å². The number of nitrogens with zero attached hydrogens (tertiary/aromatic N) is 1. The first kappa shape index (κ1) is 19.4. The fourth-order valence-corrected chi connectivity index (χ4v) is 4.01. The molecule has 5 nitrogen and oxygen atoms in total. The quantitative estimate of drug-likeness (QED) is 0.791. The van der Waals surface area contributed by atoms with Gasteiger partial charge in [0.25, 0.3) is 0 Å². The lowest BCUT2D eigenvalue weighted by Crippen LogP contribution is -2.48. The number of nitrogens with one attached hydrogen (secondary N) is 1. The molecule has 0 aromatic heterocycles. The maximum Gasteiger partial charge on any atom is 0.242 e. The van der Waals surface area contributed by atoms with Crippen molar-refractivity contribution in [2.24, 2.45) is 0 Å². The highest BCUT2D eigenvalue weighted by Gasteiger charge is 2.30. The van der Waals surface area contributed by atoms with E-state index in [4.69, 9.17) is 10.5 Å². The van der Waals surface area contributed by atoms with Gasteiger partial charge in [-0.05, 0) is 43.5 Å². The second-order valence-electron chi connectivity index (χ2n) is 7.05. The molecule has 0 saturated carbocycles. The van der Waals surface area contributed by atoms with Crippen molar-refractivity contribution in [1.82, 2.24) is 5.32 Å². The number of amides is 1. The van der Waals surface area contributed by atoms with Crippen molar-refractivity contribution in [3.8, 4) is 5.75 Å². The monoisotopic (exact) mass is 387 g/mol. The summed E-state index contributed by atoms with van der Waals surface area (Å²) in [6, 6.07) is 13.7. The maximum absolute atomic E-state index is 13.0. The molecule has 2 heterocycles. The van der Waals surface area contributed by atoms with Crippen LogP contribution in [0.5, 0.6) is 5.75 Å². The molecule has 2 aromatic rings. The third kappa shape index (κ3) is 3.69. The van der Waals surface area contributed by atoms with E-state index < -0.39 is 0 Å². The second kappa shape index (κ2) is 8.09. The molecule has 2 unspecified atom stereocenters. The first-order valence-electron chi connectivity index (χ1n) is 9.31. The van der Waals surface area contributed by atoms with Crippen LogP contribution in [0.25, 0.3) is 0 Å². The van der Waals surface area contributed by atoms with Gasteiger partial charge >= 0.3 is 0 Å². The van der Waals surface area contributed by atoms with Crippen molar-refractivity contribution in [2.45, 2.75) is 38.3 Å². The molecule has 0 aliphatic carbocycles. The summed E-state index contributed by atoms with van der Waals surface area (Å²) >= 11 is 0. The number of para-hydroxylation sites is 1. The summed E-state index contributed by atoms with van der Waals surface area (Å²) in [5, 5.41) is 3.23. The summed E-state index contributed by atoms with van der Waals surface area (Å²) in [6.45, 7) is 3.47. The predicted molar refractivity (Wildman–Crippen MR) is 111 cm³/mol. The van der Waals surface area contributed by atoms with Crippen LogP contribution in [-0.2, 0) is 11.2 Å². The highest BCUT2D eigenvalue weighted by Crippen LogP contribution is 2.34. The Hall–Kier alpha value is -2.40. The minimum atomic E-state index is -0.245. The Labute approximate surface area is 166 Å². The van der Waals surface area contributed by atoms with Crippen molar-refractivity contribution < 1.29 is 9.53 Å². The first-order chi connectivity index (χ1) is 12.6. The molecule has 0 spiro atoms. The Morgan fingerprint density at radius 3 is 2.93 bits per heavy atom. The van der Waals surface area contributed by atoms with E-state index in [2.05, 4.69) is 16.3 Å². The molecule has 4 rings (SSSR count). The lowest BCUT2D eigenvalue weighted by molar-refractivity contribution is -0.123. The number of benzene rings is 2. The summed E-state index contributed by atoms with van der Waals surface area (Å²) in [4.78, 5) is 15.2. The number of hydrogen-bond acceptors (Lipinski definition) is 4. The molecule has 0 bridgehead atoms. The number of anilines is 2. The van der Waals surface area contributed by atoms with Crippen LogP contribution < -0.4 is 20.7 Å². The van der Waals surface area contributed by atoms with E-state index in [0.29, 0.717) is 6.61 Å². The number of rotatable bonds is 3. The fourth-order valence-electron chi connectivity index (χ4n) is 4.01. The van der Waals surface area contributed by atoms with Gasteiger partial charge in [-0.1, -0.05) is 24.3 Å². The molecule has 144 valence electrons. The largest absolute Gasteiger partial charge is 0.493 e. The maximum atomic E-state index is 13.0. The average molecular weight is 388 g/mol. The molecule has 2 aliphatic heterocycles. The van der Waals surface area contributed by atoms with Crippen molar-refractivity contribution in [3.63, 3.8) is 0 Å². The first-order valence-corrected chi connectivity index (χ1v) is 9.31. The molecule has 2 aliphatic rings. The molecule has 1 amide bonds. The molecule has 0 saturated heterocycles. The van der Waals surface area contributed by atoms with Gasteiger partial charge in [0.1, 0.15) is 11.8 Å². The van der Waals surface area contributed by atoms with Gasteiger partial charge in [0.05, 0.1) is 12.6 Å². The van der Waals surface area contributed by atoms with Crippen LogP contribution in [0.3, 0.4) is 0 Å². The van der Waals surface area contributed by atoms with Gasteiger partial charge in [0.15, 0.2) is 0 Å². The van der Waals surface area contributed by atoms with Crippen molar-refractivity contribution in [1.29, 1.82) is 0 Å². The Balaban J connectivity index is 0.00000210. The summed E-state index contributed by atoms with van der Waals surface area (Å²) in [6.07, 6.45) is 2.78. The Bertz CT molecular complexity index is 827. The molecular formula is C21H26ClN3O2. The van der Waals surface area contributed by atoms with Gasteiger partial charge in [0.2, 0.25) is 5.91 Å². The molecule has 2 atom stereocenters. The number of halogens is 1. The molecule has 2 aromatic carbocycles. The van der Waals surface area contributed by atoms with E-state index in [1.165, 1.54) is 0 Å². The van der Waals surface area contributed by atoms with Gasteiger partial charge in [-0.15, -0.1) is 12.4 Å². The zero-order chi connectivity index (χ0) is 18.1. The van der Waals surface area contributed by atoms with E-state index in [-0.39, 0.29) is 30.4 Å². The molecular weight excluding hydrogens is 362 g/mol. The summed E-state index contributed by atoms with van der Waals surface area (Å²) in [5.41, 5.74) is 10.3. The van der Waals surface area contributed by atoms with Crippen LogP contribution in [0.4, 0.5) is 11.4 Å².